The lowest BCUT2D eigenvalue weighted by atomic mass is 10.00. The first kappa shape index (κ1) is 19.1. The van der Waals surface area contributed by atoms with Crippen molar-refractivity contribution in [2.45, 2.75) is 40.0 Å². The number of pyridine rings is 1. The highest BCUT2D eigenvalue weighted by atomic mass is 35.5. The van der Waals surface area contributed by atoms with Crippen LogP contribution in [0.5, 0.6) is 11.5 Å². The minimum atomic E-state index is 0.0799. The van der Waals surface area contributed by atoms with Crippen LogP contribution < -0.4 is 0 Å². The molecular formula is C21H24ClNO2. The van der Waals surface area contributed by atoms with E-state index in [1.165, 1.54) is 11.1 Å². The van der Waals surface area contributed by atoms with Crippen molar-refractivity contribution in [3.8, 4) is 22.6 Å². The summed E-state index contributed by atoms with van der Waals surface area (Å²) >= 11 is 5.90. The zero-order valence-electron chi connectivity index (χ0n) is 14.9. The summed E-state index contributed by atoms with van der Waals surface area (Å²) in [4.78, 5) is 3.94. The second-order valence-electron chi connectivity index (χ2n) is 6.44. The molecule has 2 rings (SSSR count). The number of phenolic OH excluding ortho intramolecular Hbond substituents is 2. The highest BCUT2D eigenvalue weighted by molar-refractivity contribution is 6.29. The molecule has 0 radical (unpaired) electrons. The van der Waals surface area contributed by atoms with Crippen LogP contribution in [0.2, 0.25) is 5.15 Å². The van der Waals surface area contributed by atoms with E-state index in [1.54, 1.807) is 30.5 Å². The van der Waals surface area contributed by atoms with Crippen LogP contribution in [0.15, 0.2) is 53.8 Å². The predicted molar refractivity (Wildman–Crippen MR) is 104 cm³/mol. The van der Waals surface area contributed by atoms with Crippen LogP contribution in [0, 0.1) is 0 Å². The van der Waals surface area contributed by atoms with Gasteiger partial charge in [-0.15, -0.1) is 0 Å². The number of phenols is 2. The summed E-state index contributed by atoms with van der Waals surface area (Å²) in [5.41, 5.74) is 4.58. The minimum absolute atomic E-state index is 0.0799. The van der Waals surface area contributed by atoms with Crippen LogP contribution in [0.4, 0.5) is 0 Å². The first-order valence-corrected chi connectivity index (χ1v) is 8.70. The summed E-state index contributed by atoms with van der Waals surface area (Å²) < 4.78 is 0. The molecule has 0 aliphatic heterocycles. The molecule has 25 heavy (non-hydrogen) atoms. The average Bonchev–Trinajstić information content (AvgIpc) is 2.53. The number of benzene rings is 1. The van der Waals surface area contributed by atoms with Gasteiger partial charge in [0.25, 0.3) is 0 Å². The molecule has 4 heteroatoms. The second-order valence-corrected chi connectivity index (χ2v) is 6.82. The number of rotatable bonds is 6. The van der Waals surface area contributed by atoms with Gasteiger partial charge in [0.15, 0.2) is 0 Å². The van der Waals surface area contributed by atoms with E-state index < -0.39 is 0 Å². The van der Waals surface area contributed by atoms with E-state index in [0.29, 0.717) is 22.7 Å². The lowest BCUT2D eigenvalue weighted by Gasteiger charge is -2.10. The first-order valence-electron chi connectivity index (χ1n) is 8.32. The first-order chi connectivity index (χ1) is 11.9. The normalized spacial score (nSPS) is 11.4. The van der Waals surface area contributed by atoms with Crippen LogP contribution in [0.1, 0.15) is 39.2 Å². The van der Waals surface area contributed by atoms with E-state index >= 15 is 0 Å². The largest absolute Gasteiger partial charge is 0.507 e. The molecule has 0 aliphatic rings. The van der Waals surface area contributed by atoms with Crippen molar-refractivity contribution in [2.24, 2.45) is 0 Å². The van der Waals surface area contributed by atoms with Crippen molar-refractivity contribution in [1.29, 1.82) is 0 Å². The smallest absolute Gasteiger partial charge is 0.129 e. The Balaban J connectivity index is 2.16. The van der Waals surface area contributed by atoms with Crippen LogP contribution in [0.25, 0.3) is 11.1 Å². The lowest BCUT2D eigenvalue weighted by molar-refractivity contribution is 0.441. The molecule has 1 heterocycles. The number of hydrogen-bond acceptors (Lipinski definition) is 3. The van der Waals surface area contributed by atoms with Crippen molar-refractivity contribution >= 4 is 11.6 Å². The van der Waals surface area contributed by atoms with Crippen molar-refractivity contribution in [1.82, 2.24) is 4.98 Å². The molecular weight excluding hydrogens is 334 g/mol. The summed E-state index contributed by atoms with van der Waals surface area (Å²) in [6.45, 7) is 6.25. The Hall–Kier alpha value is -2.26. The number of hydrogen-bond donors (Lipinski definition) is 2. The molecule has 0 unspecified atom stereocenters. The van der Waals surface area contributed by atoms with E-state index in [4.69, 9.17) is 11.6 Å². The number of halogens is 1. The maximum Gasteiger partial charge on any atom is 0.129 e. The van der Waals surface area contributed by atoms with Crippen molar-refractivity contribution < 1.29 is 10.2 Å². The SMILES string of the molecule is CC(C)=CCC/C(C)=C/Cc1c(O)cc(-c2ccnc(Cl)c2)cc1O. The van der Waals surface area contributed by atoms with Crippen LogP contribution in [-0.2, 0) is 6.42 Å². The maximum absolute atomic E-state index is 10.3. The van der Waals surface area contributed by atoms with Crippen molar-refractivity contribution in [3.05, 3.63) is 64.5 Å². The van der Waals surface area contributed by atoms with Gasteiger partial charge in [-0.1, -0.05) is 34.9 Å². The Kier molecular flexibility index (Phi) is 6.65. The number of nitrogens with zero attached hydrogens (tertiary/aromatic N) is 1. The molecule has 0 saturated heterocycles. The lowest BCUT2D eigenvalue weighted by Crippen LogP contribution is -1.89. The fraction of sp³-hybridized carbons (Fsp3) is 0.286. The number of allylic oxidation sites excluding steroid dienone is 4. The highest BCUT2D eigenvalue weighted by Gasteiger charge is 2.10. The highest BCUT2D eigenvalue weighted by Crippen LogP contribution is 2.34. The Morgan fingerprint density at radius 2 is 1.72 bits per heavy atom. The molecule has 0 bridgehead atoms. The van der Waals surface area contributed by atoms with Gasteiger partial charge in [0.05, 0.1) is 0 Å². The summed E-state index contributed by atoms with van der Waals surface area (Å²) in [5, 5.41) is 21.0. The second kappa shape index (κ2) is 8.72. The molecule has 1 aromatic heterocycles. The molecule has 0 spiro atoms. The molecule has 0 atom stereocenters. The van der Waals surface area contributed by atoms with Gasteiger partial charge < -0.3 is 10.2 Å². The fourth-order valence-corrected chi connectivity index (χ4v) is 2.74. The van der Waals surface area contributed by atoms with Gasteiger partial charge in [-0.25, -0.2) is 4.98 Å². The molecule has 3 nitrogen and oxygen atoms in total. The number of aromatic nitrogens is 1. The maximum atomic E-state index is 10.3. The predicted octanol–water partition coefficient (Wildman–Crippen LogP) is 6.05. The zero-order chi connectivity index (χ0) is 18.4. The van der Waals surface area contributed by atoms with E-state index in [-0.39, 0.29) is 11.5 Å². The van der Waals surface area contributed by atoms with E-state index in [0.717, 1.165) is 18.4 Å². The molecule has 0 aliphatic carbocycles. The third-order valence-corrected chi connectivity index (χ3v) is 4.22. The summed E-state index contributed by atoms with van der Waals surface area (Å²) in [6.07, 6.45) is 8.33. The Labute approximate surface area is 154 Å². The van der Waals surface area contributed by atoms with E-state index in [9.17, 15) is 10.2 Å². The molecule has 0 saturated carbocycles. The van der Waals surface area contributed by atoms with Crippen LogP contribution in [0.3, 0.4) is 0 Å². The fourth-order valence-electron chi connectivity index (χ4n) is 2.57. The van der Waals surface area contributed by atoms with E-state index in [1.807, 2.05) is 0 Å². The topological polar surface area (TPSA) is 53.4 Å². The number of aromatic hydroxyl groups is 2. The van der Waals surface area contributed by atoms with Gasteiger partial charge in [0.2, 0.25) is 0 Å². The quantitative estimate of drug-likeness (QED) is 0.488. The van der Waals surface area contributed by atoms with Gasteiger partial charge in [-0.2, -0.15) is 0 Å². The Morgan fingerprint density at radius 1 is 1.04 bits per heavy atom. The monoisotopic (exact) mass is 357 g/mol. The van der Waals surface area contributed by atoms with Crippen LogP contribution in [-0.4, -0.2) is 15.2 Å². The van der Waals surface area contributed by atoms with E-state index in [2.05, 4.69) is 37.9 Å². The third kappa shape index (κ3) is 5.64. The molecule has 2 aromatic rings. The summed E-state index contributed by atoms with van der Waals surface area (Å²) in [7, 11) is 0. The molecule has 2 N–H and O–H groups in total. The zero-order valence-corrected chi connectivity index (χ0v) is 15.6. The summed E-state index contributed by atoms with van der Waals surface area (Å²) in [6, 6.07) is 6.77. The Morgan fingerprint density at radius 3 is 2.32 bits per heavy atom. The molecule has 1 aromatic carbocycles. The molecule has 0 fully saturated rings. The minimum Gasteiger partial charge on any atom is -0.507 e. The molecule has 0 amide bonds. The summed E-state index contributed by atoms with van der Waals surface area (Å²) in [5.74, 6) is 0.160. The van der Waals surface area contributed by atoms with Gasteiger partial charge in [0, 0.05) is 11.8 Å². The van der Waals surface area contributed by atoms with Gasteiger partial charge >= 0.3 is 0 Å². The Bertz CT molecular complexity index is 782. The third-order valence-electron chi connectivity index (χ3n) is 4.01. The van der Waals surface area contributed by atoms with Gasteiger partial charge in [0.1, 0.15) is 16.7 Å². The van der Waals surface area contributed by atoms with Gasteiger partial charge in [-0.3, -0.25) is 0 Å². The standard InChI is InChI=1S/C21H24ClNO2/c1-14(2)5-4-6-15(3)7-8-18-19(24)11-17(12-20(18)25)16-9-10-23-21(22)13-16/h5,7,9-13,24-25H,4,6,8H2,1-3H3/b15-7+. The van der Waals surface area contributed by atoms with Gasteiger partial charge in [-0.05, 0) is 75.4 Å². The average molecular weight is 358 g/mol. The van der Waals surface area contributed by atoms with Crippen molar-refractivity contribution in [3.63, 3.8) is 0 Å². The van der Waals surface area contributed by atoms with Crippen LogP contribution >= 0.6 is 11.6 Å². The molecule has 132 valence electrons. The van der Waals surface area contributed by atoms with Crippen molar-refractivity contribution in [2.75, 3.05) is 0 Å².